The normalized spacial score (nSPS) is 21.9. The van der Waals surface area contributed by atoms with Crippen LogP contribution in [0.1, 0.15) is 18.0 Å². The highest BCUT2D eigenvalue weighted by molar-refractivity contribution is 9.10. The van der Waals surface area contributed by atoms with Gasteiger partial charge in [-0.15, -0.1) is 0 Å². The van der Waals surface area contributed by atoms with Crippen LogP contribution in [0.2, 0.25) is 0 Å². The Kier molecular flexibility index (Phi) is 2.07. The lowest BCUT2D eigenvalue weighted by atomic mass is 9.98. The van der Waals surface area contributed by atoms with E-state index in [2.05, 4.69) is 21.2 Å². The fourth-order valence-electron chi connectivity index (χ4n) is 1.35. The molecule has 1 aliphatic rings. The molecule has 1 aromatic carbocycles. The zero-order valence-corrected chi connectivity index (χ0v) is 8.13. The van der Waals surface area contributed by atoms with Gasteiger partial charge in [-0.1, -0.05) is 15.9 Å². The summed E-state index contributed by atoms with van der Waals surface area (Å²) in [6, 6.07) is 5.80. The monoisotopic (exact) mass is 227 g/mol. The number of aromatic hydroxyl groups is 1. The molecule has 3 heteroatoms. The molecule has 1 fully saturated rings. The van der Waals surface area contributed by atoms with Gasteiger partial charge in [0.05, 0.1) is 0 Å². The van der Waals surface area contributed by atoms with Gasteiger partial charge < -0.3 is 10.4 Å². The van der Waals surface area contributed by atoms with Crippen molar-refractivity contribution in [3.63, 3.8) is 0 Å². The Labute approximate surface area is 79.7 Å². The molecule has 12 heavy (non-hydrogen) atoms. The minimum absolute atomic E-state index is 0.335. The summed E-state index contributed by atoms with van der Waals surface area (Å²) >= 11 is 3.45. The third kappa shape index (κ3) is 1.34. The van der Waals surface area contributed by atoms with Gasteiger partial charge in [0, 0.05) is 10.5 Å². The van der Waals surface area contributed by atoms with Crippen molar-refractivity contribution in [1.29, 1.82) is 0 Å². The maximum absolute atomic E-state index is 9.26. The van der Waals surface area contributed by atoms with Gasteiger partial charge in [-0.05, 0) is 36.7 Å². The number of phenolic OH excluding ortho intramolecular Hbond substituents is 1. The molecule has 1 unspecified atom stereocenters. The summed E-state index contributed by atoms with van der Waals surface area (Å²) in [5, 5.41) is 12.5. The van der Waals surface area contributed by atoms with Crippen LogP contribution in [0.25, 0.3) is 0 Å². The van der Waals surface area contributed by atoms with Gasteiger partial charge in [-0.2, -0.15) is 0 Å². The van der Waals surface area contributed by atoms with E-state index in [0.29, 0.717) is 11.8 Å². The molecule has 1 saturated heterocycles. The summed E-state index contributed by atoms with van der Waals surface area (Å²) < 4.78 is 1.07. The van der Waals surface area contributed by atoms with Gasteiger partial charge in [0.1, 0.15) is 5.75 Å². The van der Waals surface area contributed by atoms with Crippen LogP contribution in [0.3, 0.4) is 0 Å². The molecule has 2 rings (SSSR count). The van der Waals surface area contributed by atoms with Crippen molar-refractivity contribution in [2.24, 2.45) is 0 Å². The lowest BCUT2D eigenvalue weighted by Gasteiger charge is -2.28. The Balaban J connectivity index is 2.34. The number of hydrogen-bond acceptors (Lipinski definition) is 2. The standard InChI is InChI=1S/C9H10BrNO/c10-8-2-1-6(12)5-7(8)9-3-4-11-9/h1-2,5,9,11-12H,3-4H2. The zero-order valence-electron chi connectivity index (χ0n) is 6.55. The first kappa shape index (κ1) is 8.08. The molecular weight excluding hydrogens is 218 g/mol. The molecule has 1 heterocycles. The summed E-state index contributed by atoms with van der Waals surface area (Å²) in [7, 11) is 0. The van der Waals surface area contributed by atoms with Gasteiger partial charge in [-0.25, -0.2) is 0 Å². The second-order valence-electron chi connectivity index (χ2n) is 3.00. The minimum Gasteiger partial charge on any atom is -0.508 e. The second-order valence-corrected chi connectivity index (χ2v) is 3.86. The Morgan fingerprint density at radius 3 is 2.83 bits per heavy atom. The quantitative estimate of drug-likeness (QED) is 0.772. The first-order valence-electron chi connectivity index (χ1n) is 3.99. The van der Waals surface area contributed by atoms with E-state index in [1.807, 2.05) is 6.07 Å². The highest BCUT2D eigenvalue weighted by atomic mass is 79.9. The Morgan fingerprint density at radius 1 is 1.50 bits per heavy atom. The summed E-state index contributed by atoms with van der Waals surface area (Å²) in [6.45, 7) is 1.08. The van der Waals surface area contributed by atoms with Crippen molar-refractivity contribution < 1.29 is 5.11 Å². The molecule has 2 N–H and O–H groups in total. The van der Waals surface area contributed by atoms with E-state index < -0.39 is 0 Å². The number of rotatable bonds is 1. The Bertz CT molecular complexity index is 297. The molecule has 2 nitrogen and oxygen atoms in total. The van der Waals surface area contributed by atoms with Crippen LogP contribution >= 0.6 is 15.9 Å². The van der Waals surface area contributed by atoms with E-state index in [4.69, 9.17) is 0 Å². The lowest BCUT2D eigenvalue weighted by Crippen LogP contribution is -2.35. The minimum atomic E-state index is 0.335. The summed E-state index contributed by atoms with van der Waals surface area (Å²) in [5.74, 6) is 0.335. The Morgan fingerprint density at radius 2 is 2.25 bits per heavy atom. The largest absolute Gasteiger partial charge is 0.508 e. The number of phenols is 1. The van der Waals surface area contributed by atoms with Crippen LogP contribution in [0.4, 0.5) is 0 Å². The SMILES string of the molecule is Oc1ccc(Br)c(C2CCN2)c1. The van der Waals surface area contributed by atoms with Crippen LogP contribution < -0.4 is 5.32 Å². The van der Waals surface area contributed by atoms with Crippen molar-refractivity contribution >= 4 is 15.9 Å². The van der Waals surface area contributed by atoms with Crippen molar-refractivity contribution in [1.82, 2.24) is 5.32 Å². The predicted octanol–water partition coefficient (Wildman–Crippen LogP) is 2.19. The lowest BCUT2D eigenvalue weighted by molar-refractivity contribution is 0.379. The van der Waals surface area contributed by atoms with E-state index in [-0.39, 0.29) is 0 Å². The first-order chi connectivity index (χ1) is 5.77. The fraction of sp³-hybridized carbons (Fsp3) is 0.333. The topological polar surface area (TPSA) is 32.3 Å². The molecule has 0 amide bonds. The molecular formula is C9H10BrNO. The molecule has 1 atom stereocenters. The zero-order chi connectivity index (χ0) is 8.55. The maximum atomic E-state index is 9.26. The summed E-state index contributed by atoms with van der Waals surface area (Å²) in [6.07, 6.45) is 1.15. The smallest absolute Gasteiger partial charge is 0.115 e. The number of halogens is 1. The average Bonchev–Trinajstić information content (AvgIpc) is 1.93. The second kappa shape index (κ2) is 3.07. The molecule has 0 bridgehead atoms. The van der Waals surface area contributed by atoms with Crippen molar-refractivity contribution in [2.75, 3.05) is 6.54 Å². The van der Waals surface area contributed by atoms with E-state index in [1.165, 1.54) is 0 Å². The van der Waals surface area contributed by atoms with Crippen molar-refractivity contribution in [3.8, 4) is 5.75 Å². The third-order valence-electron chi connectivity index (χ3n) is 2.18. The first-order valence-corrected chi connectivity index (χ1v) is 4.78. The van der Waals surface area contributed by atoms with E-state index in [9.17, 15) is 5.11 Å². The van der Waals surface area contributed by atoms with E-state index >= 15 is 0 Å². The van der Waals surface area contributed by atoms with Gasteiger partial charge >= 0.3 is 0 Å². The molecule has 0 aliphatic carbocycles. The predicted molar refractivity (Wildman–Crippen MR) is 51.2 cm³/mol. The fourth-order valence-corrected chi connectivity index (χ4v) is 1.88. The van der Waals surface area contributed by atoms with Crippen molar-refractivity contribution in [3.05, 3.63) is 28.2 Å². The number of nitrogens with one attached hydrogen (secondary N) is 1. The maximum Gasteiger partial charge on any atom is 0.115 e. The van der Waals surface area contributed by atoms with Gasteiger partial charge in [0.25, 0.3) is 0 Å². The highest BCUT2D eigenvalue weighted by Crippen LogP contribution is 2.31. The number of hydrogen-bond donors (Lipinski definition) is 2. The van der Waals surface area contributed by atoms with Gasteiger partial charge in [-0.3, -0.25) is 0 Å². The third-order valence-corrected chi connectivity index (χ3v) is 2.90. The molecule has 0 aromatic heterocycles. The van der Waals surface area contributed by atoms with Crippen LogP contribution in [0.5, 0.6) is 5.75 Å². The Hall–Kier alpha value is -0.540. The van der Waals surface area contributed by atoms with E-state index in [0.717, 1.165) is 23.0 Å². The molecule has 1 aromatic rings. The molecule has 1 aliphatic heterocycles. The van der Waals surface area contributed by atoms with E-state index in [1.54, 1.807) is 12.1 Å². The molecule has 64 valence electrons. The van der Waals surface area contributed by atoms with Crippen LogP contribution in [-0.2, 0) is 0 Å². The van der Waals surface area contributed by atoms with Crippen LogP contribution in [0.15, 0.2) is 22.7 Å². The summed E-state index contributed by atoms with van der Waals surface area (Å²) in [5.41, 5.74) is 1.15. The highest BCUT2D eigenvalue weighted by Gasteiger charge is 2.20. The molecule has 0 radical (unpaired) electrons. The average molecular weight is 228 g/mol. The van der Waals surface area contributed by atoms with Crippen molar-refractivity contribution in [2.45, 2.75) is 12.5 Å². The van der Waals surface area contributed by atoms with Gasteiger partial charge in [0.2, 0.25) is 0 Å². The van der Waals surface area contributed by atoms with Crippen LogP contribution in [-0.4, -0.2) is 11.7 Å². The van der Waals surface area contributed by atoms with Gasteiger partial charge in [0.15, 0.2) is 0 Å². The summed E-state index contributed by atoms with van der Waals surface area (Å²) in [4.78, 5) is 0. The number of benzene rings is 1. The van der Waals surface area contributed by atoms with Crippen LogP contribution in [0, 0.1) is 0 Å². The molecule has 0 spiro atoms. The molecule has 0 saturated carbocycles.